The monoisotopic (exact) mass is 168 g/mol. The van der Waals surface area contributed by atoms with Crippen molar-refractivity contribution in [1.29, 1.82) is 0 Å². The summed E-state index contributed by atoms with van der Waals surface area (Å²) in [5.74, 6) is -0.0331. The zero-order valence-corrected chi connectivity index (χ0v) is 5.95. The van der Waals surface area contributed by atoms with E-state index < -0.39 is 5.97 Å². The van der Waals surface area contributed by atoms with E-state index in [1.54, 1.807) is 6.20 Å². The number of aryl methyl sites for hydroxylation is 2. The van der Waals surface area contributed by atoms with E-state index >= 15 is 0 Å². The predicted molar refractivity (Wildman–Crippen MR) is 44.2 cm³/mol. The highest BCUT2D eigenvalue weighted by atomic mass is 16.4. The van der Waals surface area contributed by atoms with Gasteiger partial charge in [-0.1, -0.05) is 7.43 Å². The number of imidazole rings is 1. The van der Waals surface area contributed by atoms with Crippen LogP contribution in [0.15, 0.2) is 6.20 Å². The normalized spacial score (nSPS) is 13.7. The molecule has 1 aliphatic rings. The quantitative estimate of drug-likeness (QED) is 0.684. The highest BCUT2D eigenvalue weighted by Gasteiger charge is 2.16. The Bertz CT molecular complexity index is 283. The van der Waals surface area contributed by atoms with Gasteiger partial charge in [-0.3, -0.25) is 0 Å². The molecule has 66 valence electrons. The summed E-state index contributed by atoms with van der Waals surface area (Å²) in [5, 5.41) is 8.57. The third kappa shape index (κ3) is 1.20. The highest BCUT2D eigenvalue weighted by molar-refractivity contribution is 5.85. The summed E-state index contributed by atoms with van der Waals surface area (Å²) in [6, 6.07) is 0. The first kappa shape index (κ1) is 8.77. The molecule has 4 nitrogen and oxygen atoms in total. The Morgan fingerprint density at radius 3 is 3.00 bits per heavy atom. The molecule has 0 aromatic carbocycles. The number of nitrogens with zero attached hydrogens (tertiary/aromatic N) is 2. The molecule has 0 amide bonds. The van der Waals surface area contributed by atoms with Crippen molar-refractivity contribution in [1.82, 2.24) is 9.55 Å². The SMILES string of the molecule is C.O=C(O)c1cn2c(n1)CCC2. The van der Waals surface area contributed by atoms with Gasteiger partial charge in [0.25, 0.3) is 0 Å². The van der Waals surface area contributed by atoms with Crippen LogP contribution in [0.1, 0.15) is 30.2 Å². The molecule has 0 aliphatic carbocycles. The van der Waals surface area contributed by atoms with E-state index in [0.717, 1.165) is 25.2 Å². The van der Waals surface area contributed by atoms with Crippen molar-refractivity contribution in [2.45, 2.75) is 26.8 Å². The van der Waals surface area contributed by atoms with Crippen molar-refractivity contribution in [3.05, 3.63) is 17.7 Å². The van der Waals surface area contributed by atoms with Crippen LogP contribution in [0.4, 0.5) is 0 Å². The van der Waals surface area contributed by atoms with Crippen molar-refractivity contribution >= 4 is 5.97 Å². The van der Waals surface area contributed by atoms with E-state index in [1.807, 2.05) is 4.57 Å². The standard InChI is InChI=1S/C7H8N2O2.CH4/c10-7(11)5-4-9-3-1-2-6(9)8-5;/h4H,1-3H2,(H,10,11);1H4. The first-order valence-electron chi connectivity index (χ1n) is 3.57. The smallest absolute Gasteiger partial charge is 0.356 e. The number of aromatic carboxylic acids is 1. The average Bonchev–Trinajstić information content (AvgIpc) is 2.40. The van der Waals surface area contributed by atoms with Crippen molar-refractivity contribution in [2.75, 3.05) is 0 Å². The van der Waals surface area contributed by atoms with Crippen molar-refractivity contribution in [3.8, 4) is 0 Å². The van der Waals surface area contributed by atoms with E-state index in [9.17, 15) is 4.79 Å². The number of carboxylic acid groups (broad SMARTS) is 1. The first-order chi connectivity index (χ1) is 5.27. The lowest BCUT2D eigenvalue weighted by Gasteiger charge is -1.88. The first-order valence-corrected chi connectivity index (χ1v) is 3.57. The zero-order valence-electron chi connectivity index (χ0n) is 5.95. The predicted octanol–water partition coefficient (Wildman–Crippen LogP) is 1.16. The van der Waals surface area contributed by atoms with E-state index in [-0.39, 0.29) is 13.1 Å². The number of rotatable bonds is 1. The molecule has 0 saturated heterocycles. The van der Waals surface area contributed by atoms with Gasteiger partial charge in [-0.25, -0.2) is 9.78 Å². The number of carbonyl (C=O) groups is 1. The highest BCUT2D eigenvalue weighted by Crippen LogP contribution is 2.13. The number of aromatic nitrogens is 2. The van der Waals surface area contributed by atoms with Crippen molar-refractivity contribution in [2.24, 2.45) is 0 Å². The van der Waals surface area contributed by atoms with Gasteiger partial charge in [-0.05, 0) is 6.42 Å². The Balaban J connectivity index is 0.000000720. The summed E-state index contributed by atoms with van der Waals surface area (Å²) in [4.78, 5) is 14.4. The maximum Gasteiger partial charge on any atom is 0.356 e. The van der Waals surface area contributed by atoms with Crippen LogP contribution in [-0.2, 0) is 13.0 Å². The van der Waals surface area contributed by atoms with Crippen LogP contribution in [0.2, 0.25) is 0 Å². The van der Waals surface area contributed by atoms with Gasteiger partial charge in [0.1, 0.15) is 5.82 Å². The summed E-state index contributed by atoms with van der Waals surface area (Å²) >= 11 is 0. The third-order valence-electron chi connectivity index (χ3n) is 1.88. The topological polar surface area (TPSA) is 55.1 Å². The summed E-state index contributed by atoms with van der Waals surface area (Å²) < 4.78 is 1.91. The van der Waals surface area contributed by atoms with Gasteiger partial charge in [0.15, 0.2) is 5.69 Å². The van der Waals surface area contributed by atoms with Crippen LogP contribution in [0.3, 0.4) is 0 Å². The summed E-state index contributed by atoms with van der Waals surface area (Å²) in [6.07, 6.45) is 3.60. The molecule has 0 unspecified atom stereocenters. The van der Waals surface area contributed by atoms with Crippen LogP contribution in [0.5, 0.6) is 0 Å². The molecule has 4 heteroatoms. The maximum absolute atomic E-state index is 10.4. The van der Waals surface area contributed by atoms with E-state index in [2.05, 4.69) is 4.98 Å². The van der Waals surface area contributed by atoms with Gasteiger partial charge >= 0.3 is 5.97 Å². The van der Waals surface area contributed by atoms with Gasteiger partial charge in [0.05, 0.1) is 0 Å². The molecule has 0 radical (unpaired) electrons. The Hall–Kier alpha value is -1.32. The molecule has 1 aromatic rings. The molecule has 0 fully saturated rings. The fourth-order valence-electron chi connectivity index (χ4n) is 1.36. The minimum atomic E-state index is -0.938. The van der Waals surface area contributed by atoms with E-state index in [1.165, 1.54) is 0 Å². The second kappa shape index (κ2) is 2.97. The number of fused-ring (bicyclic) bond motifs is 1. The molecule has 1 aromatic heterocycles. The largest absolute Gasteiger partial charge is 0.476 e. The Morgan fingerprint density at radius 2 is 2.42 bits per heavy atom. The van der Waals surface area contributed by atoms with Crippen LogP contribution >= 0.6 is 0 Å². The van der Waals surface area contributed by atoms with Crippen molar-refractivity contribution < 1.29 is 9.90 Å². The summed E-state index contributed by atoms with van der Waals surface area (Å²) in [5.41, 5.74) is 0.166. The summed E-state index contributed by atoms with van der Waals surface area (Å²) in [6.45, 7) is 0.912. The second-order valence-corrected chi connectivity index (χ2v) is 2.64. The Kier molecular flexibility index (Phi) is 2.17. The number of carboxylic acids is 1. The van der Waals surface area contributed by atoms with Gasteiger partial charge in [0.2, 0.25) is 0 Å². The Morgan fingerprint density at radius 1 is 1.67 bits per heavy atom. The lowest BCUT2D eigenvalue weighted by Crippen LogP contribution is -1.96. The average molecular weight is 168 g/mol. The van der Waals surface area contributed by atoms with Gasteiger partial charge in [-0.2, -0.15) is 0 Å². The third-order valence-corrected chi connectivity index (χ3v) is 1.88. The van der Waals surface area contributed by atoms with Gasteiger partial charge in [0, 0.05) is 19.2 Å². The molecular weight excluding hydrogens is 156 g/mol. The van der Waals surface area contributed by atoms with Gasteiger partial charge < -0.3 is 9.67 Å². The number of hydrogen-bond acceptors (Lipinski definition) is 2. The lowest BCUT2D eigenvalue weighted by molar-refractivity contribution is 0.0690. The zero-order chi connectivity index (χ0) is 7.84. The molecule has 0 atom stereocenters. The minimum Gasteiger partial charge on any atom is -0.476 e. The molecule has 1 aliphatic heterocycles. The molecule has 1 N–H and O–H groups in total. The van der Waals surface area contributed by atoms with Gasteiger partial charge in [-0.15, -0.1) is 0 Å². The van der Waals surface area contributed by atoms with E-state index in [4.69, 9.17) is 5.11 Å². The van der Waals surface area contributed by atoms with E-state index in [0.29, 0.717) is 0 Å². The fourth-order valence-corrected chi connectivity index (χ4v) is 1.36. The minimum absolute atomic E-state index is 0. The van der Waals surface area contributed by atoms with Crippen LogP contribution in [-0.4, -0.2) is 20.6 Å². The van der Waals surface area contributed by atoms with Crippen LogP contribution < -0.4 is 0 Å². The molecule has 2 rings (SSSR count). The maximum atomic E-state index is 10.4. The molecule has 0 saturated carbocycles. The molecule has 0 spiro atoms. The molecule has 12 heavy (non-hydrogen) atoms. The number of hydrogen-bond donors (Lipinski definition) is 1. The molecular formula is C8H12N2O2. The molecule has 0 bridgehead atoms. The van der Waals surface area contributed by atoms with Crippen molar-refractivity contribution in [3.63, 3.8) is 0 Å². The lowest BCUT2D eigenvalue weighted by atomic mass is 10.3. The Labute approximate surface area is 70.9 Å². The fraction of sp³-hybridized carbons (Fsp3) is 0.500. The molecule has 2 heterocycles. The summed E-state index contributed by atoms with van der Waals surface area (Å²) in [7, 11) is 0. The van der Waals surface area contributed by atoms with Crippen LogP contribution in [0, 0.1) is 0 Å². The van der Waals surface area contributed by atoms with Crippen LogP contribution in [0.25, 0.3) is 0 Å². The second-order valence-electron chi connectivity index (χ2n) is 2.64.